The summed E-state index contributed by atoms with van der Waals surface area (Å²) in [7, 11) is 0. The molecule has 0 aromatic carbocycles. The minimum atomic E-state index is -0.0297. The van der Waals surface area contributed by atoms with E-state index in [0.29, 0.717) is 18.9 Å². The molecule has 1 heterocycles. The highest BCUT2D eigenvalue weighted by atomic mass is 16.5. The summed E-state index contributed by atoms with van der Waals surface area (Å²) in [6.07, 6.45) is 14.0. The van der Waals surface area contributed by atoms with Crippen molar-refractivity contribution in [1.82, 2.24) is 0 Å². The van der Waals surface area contributed by atoms with Crippen molar-refractivity contribution in [3.8, 4) is 0 Å². The van der Waals surface area contributed by atoms with E-state index in [4.69, 9.17) is 4.74 Å². The fraction of sp³-hybridized carbons (Fsp3) is 0.786. The molecule has 0 radical (unpaired) electrons. The van der Waals surface area contributed by atoms with E-state index in [1.165, 1.54) is 38.5 Å². The van der Waals surface area contributed by atoms with Crippen molar-refractivity contribution in [1.29, 1.82) is 0 Å². The van der Waals surface area contributed by atoms with Gasteiger partial charge in [-0.25, -0.2) is 0 Å². The second-order valence-electron chi connectivity index (χ2n) is 4.66. The Morgan fingerprint density at radius 2 is 2.06 bits per heavy atom. The highest BCUT2D eigenvalue weighted by Gasteiger charge is 2.21. The molecule has 1 unspecified atom stereocenters. The summed E-state index contributed by atoms with van der Waals surface area (Å²) in [5.41, 5.74) is 0. The first kappa shape index (κ1) is 13.3. The predicted molar refractivity (Wildman–Crippen MR) is 66.2 cm³/mol. The monoisotopic (exact) mass is 224 g/mol. The Morgan fingerprint density at radius 3 is 2.75 bits per heavy atom. The van der Waals surface area contributed by atoms with Gasteiger partial charge in [-0.15, -0.1) is 0 Å². The van der Waals surface area contributed by atoms with Crippen LogP contribution in [0.15, 0.2) is 12.2 Å². The van der Waals surface area contributed by atoms with Crippen molar-refractivity contribution >= 4 is 5.97 Å². The fourth-order valence-electron chi connectivity index (χ4n) is 1.99. The maximum absolute atomic E-state index is 10.8. The third-order valence-corrected chi connectivity index (χ3v) is 3.05. The van der Waals surface area contributed by atoms with Crippen LogP contribution in [0.3, 0.4) is 0 Å². The Labute approximate surface area is 99.1 Å². The highest BCUT2D eigenvalue weighted by Crippen LogP contribution is 2.18. The molecule has 1 saturated heterocycles. The quantitative estimate of drug-likeness (QED) is 0.355. The zero-order chi connectivity index (χ0) is 11.6. The lowest BCUT2D eigenvalue weighted by molar-refractivity contribution is -0.137. The van der Waals surface area contributed by atoms with Gasteiger partial charge < -0.3 is 4.74 Å². The highest BCUT2D eigenvalue weighted by molar-refractivity contribution is 5.71. The summed E-state index contributed by atoms with van der Waals surface area (Å²) < 4.78 is 4.92. The number of carbonyl (C=O) groups is 1. The van der Waals surface area contributed by atoms with Gasteiger partial charge in [0.25, 0.3) is 0 Å². The summed E-state index contributed by atoms with van der Waals surface area (Å²) in [4.78, 5) is 10.8. The topological polar surface area (TPSA) is 26.3 Å². The van der Waals surface area contributed by atoms with Gasteiger partial charge in [0, 0.05) is 5.92 Å². The molecular weight excluding hydrogens is 200 g/mol. The smallest absolute Gasteiger partial charge is 0.306 e. The number of hydrogen-bond donors (Lipinski definition) is 0. The zero-order valence-electron chi connectivity index (χ0n) is 10.4. The van der Waals surface area contributed by atoms with Crippen LogP contribution in [-0.4, -0.2) is 12.6 Å². The lowest BCUT2D eigenvalue weighted by atomic mass is 10.0. The van der Waals surface area contributed by atoms with Crippen molar-refractivity contribution in [2.75, 3.05) is 6.61 Å². The first-order valence-corrected chi connectivity index (χ1v) is 6.63. The van der Waals surface area contributed by atoms with E-state index in [9.17, 15) is 4.79 Å². The Bertz CT molecular complexity index is 221. The van der Waals surface area contributed by atoms with Gasteiger partial charge in [-0.05, 0) is 19.3 Å². The van der Waals surface area contributed by atoms with Crippen LogP contribution in [0.1, 0.15) is 58.3 Å². The van der Waals surface area contributed by atoms with E-state index in [0.717, 1.165) is 6.42 Å². The van der Waals surface area contributed by atoms with E-state index in [1.807, 2.05) is 0 Å². The molecule has 0 amide bonds. The molecule has 2 heteroatoms. The molecular formula is C14H24O2. The number of allylic oxidation sites excluding steroid dienone is 2. The predicted octanol–water partition coefficient (Wildman–Crippen LogP) is 3.86. The molecule has 0 aliphatic carbocycles. The van der Waals surface area contributed by atoms with Crippen LogP contribution >= 0.6 is 0 Å². The van der Waals surface area contributed by atoms with E-state index >= 15 is 0 Å². The zero-order valence-corrected chi connectivity index (χ0v) is 10.4. The molecule has 0 saturated carbocycles. The maximum Gasteiger partial charge on any atom is 0.306 e. The molecule has 92 valence electrons. The summed E-state index contributed by atoms with van der Waals surface area (Å²) in [6.45, 7) is 2.87. The van der Waals surface area contributed by atoms with Crippen LogP contribution in [0.25, 0.3) is 0 Å². The molecule has 2 nitrogen and oxygen atoms in total. The first-order chi connectivity index (χ1) is 7.83. The van der Waals surface area contributed by atoms with Gasteiger partial charge in [-0.1, -0.05) is 44.8 Å². The van der Waals surface area contributed by atoms with E-state index in [-0.39, 0.29) is 5.97 Å². The Kier molecular flexibility index (Phi) is 6.95. The number of cyclic esters (lactones) is 1. The van der Waals surface area contributed by atoms with Gasteiger partial charge >= 0.3 is 5.97 Å². The van der Waals surface area contributed by atoms with Crippen LogP contribution in [0.4, 0.5) is 0 Å². The van der Waals surface area contributed by atoms with Crippen molar-refractivity contribution in [3.63, 3.8) is 0 Å². The van der Waals surface area contributed by atoms with Crippen molar-refractivity contribution in [2.45, 2.75) is 58.3 Å². The second kappa shape index (κ2) is 8.37. The van der Waals surface area contributed by atoms with Gasteiger partial charge in [0.1, 0.15) is 0 Å². The summed E-state index contributed by atoms with van der Waals surface area (Å²) in [6, 6.07) is 0. The third-order valence-electron chi connectivity index (χ3n) is 3.05. The molecule has 0 spiro atoms. The van der Waals surface area contributed by atoms with Crippen LogP contribution < -0.4 is 0 Å². The Morgan fingerprint density at radius 1 is 1.25 bits per heavy atom. The number of hydrogen-bond acceptors (Lipinski definition) is 2. The second-order valence-corrected chi connectivity index (χ2v) is 4.66. The van der Waals surface area contributed by atoms with Crippen LogP contribution in [0, 0.1) is 5.92 Å². The van der Waals surface area contributed by atoms with Gasteiger partial charge in [0.05, 0.1) is 13.0 Å². The molecule has 1 aliphatic heterocycles. The molecule has 1 atom stereocenters. The lowest BCUT2D eigenvalue weighted by Crippen LogP contribution is -1.96. The van der Waals surface area contributed by atoms with Crippen LogP contribution in [0.5, 0.6) is 0 Å². The van der Waals surface area contributed by atoms with Gasteiger partial charge in [0.15, 0.2) is 0 Å². The minimum Gasteiger partial charge on any atom is -0.465 e. The van der Waals surface area contributed by atoms with Crippen LogP contribution in [0.2, 0.25) is 0 Å². The molecule has 1 rings (SSSR count). The van der Waals surface area contributed by atoms with E-state index < -0.39 is 0 Å². The molecule has 1 fully saturated rings. The SMILES string of the molecule is CCCCCCCC=CCC1COC(=O)C1. The van der Waals surface area contributed by atoms with Gasteiger partial charge in [0.2, 0.25) is 0 Å². The Hall–Kier alpha value is -0.790. The van der Waals surface area contributed by atoms with Crippen LogP contribution in [-0.2, 0) is 9.53 Å². The van der Waals surface area contributed by atoms with Crippen molar-refractivity contribution in [2.24, 2.45) is 5.92 Å². The van der Waals surface area contributed by atoms with E-state index in [1.54, 1.807) is 0 Å². The van der Waals surface area contributed by atoms with Gasteiger partial charge in [-0.3, -0.25) is 4.79 Å². The number of rotatable bonds is 8. The number of ether oxygens (including phenoxy) is 1. The number of carbonyl (C=O) groups excluding carboxylic acids is 1. The first-order valence-electron chi connectivity index (χ1n) is 6.63. The lowest BCUT2D eigenvalue weighted by Gasteiger charge is -2.00. The van der Waals surface area contributed by atoms with E-state index in [2.05, 4.69) is 19.1 Å². The minimum absolute atomic E-state index is 0.0297. The molecule has 16 heavy (non-hydrogen) atoms. The largest absolute Gasteiger partial charge is 0.465 e. The molecule has 0 N–H and O–H groups in total. The molecule has 0 aromatic rings. The standard InChI is InChI=1S/C14H24O2/c1-2-3-4-5-6-7-8-9-10-13-11-14(15)16-12-13/h8-9,13H,2-7,10-12H2,1H3. The summed E-state index contributed by atoms with van der Waals surface area (Å²) >= 11 is 0. The van der Waals surface area contributed by atoms with Gasteiger partial charge in [-0.2, -0.15) is 0 Å². The summed E-state index contributed by atoms with van der Waals surface area (Å²) in [5, 5.41) is 0. The number of esters is 1. The Balaban J connectivity index is 1.90. The normalized spacial score (nSPS) is 20.6. The van der Waals surface area contributed by atoms with Crippen molar-refractivity contribution in [3.05, 3.63) is 12.2 Å². The average molecular weight is 224 g/mol. The maximum atomic E-state index is 10.8. The molecule has 0 aromatic heterocycles. The van der Waals surface area contributed by atoms with Crippen molar-refractivity contribution < 1.29 is 9.53 Å². The third kappa shape index (κ3) is 5.94. The number of unbranched alkanes of at least 4 members (excludes halogenated alkanes) is 5. The fourth-order valence-corrected chi connectivity index (χ4v) is 1.99. The average Bonchev–Trinajstić information content (AvgIpc) is 2.68. The molecule has 1 aliphatic rings. The molecule has 0 bridgehead atoms. The summed E-state index contributed by atoms with van der Waals surface area (Å²) in [5.74, 6) is 0.404.